The Morgan fingerprint density at radius 1 is 1.54 bits per heavy atom. The summed E-state index contributed by atoms with van der Waals surface area (Å²) in [5, 5.41) is 9.66. The van der Waals surface area contributed by atoms with Crippen molar-refractivity contribution in [3.05, 3.63) is 35.9 Å². The molecule has 1 aliphatic rings. The van der Waals surface area contributed by atoms with Crippen LogP contribution in [0.4, 0.5) is 0 Å². The summed E-state index contributed by atoms with van der Waals surface area (Å²) in [4.78, 5) is 0. The molecule has 68 valence electrons. The van der Waals surface area contributed by atoms with E-state index in [-0.39, 0.29) is 0 Å². The van der Waals surface area contributed by atoms with Crippen LogP contribution >= 0.6 is 0 Å². The summed E-state index contributed by atoms with van der Waals surface area (Å²) in [6.45, 7) is 3.90. The van der Waals surface area contributed by atoms with E-state index < -0.39 is 6.10 Å². The topological polar surface area (TPSA) is 29.5 Å². The molecule has 0 aromatic heterocycles. The fourth-order valence-corrected chi connectivity index (χ4v) is 1.72. The molecule has 0 spiro atoms. The minimum Gasteiger partial charge on any atom is -0.497 e. The zero-order valence-corrected chi connectivity index (χ0v) is 7.58. The van der Waals surface area contributed by atoms with E-state index in [0.29, 0.717) is 6.42 Å². The highest BCUT2D eigenvalue weighted by Crippen LogP contribution is 2.39. The molecule has 0 amide bonds. The van der Waals surface area contributed by atoms with E-state index in [1.807, 2.05) is 18.2 Å². The van der Waals surface area contributed by atoms with Crippen LogP contribution in [0.1, 0.15) is 23.7 Å². The molecule has 2 rings (SSSR count). The fraction of sp³-hybridized carbons (Fsp3) is 0.273. The maximum absolute atomic E-state index is 9.66. The van der Waals surface area contributed by atoms with Crippen LogP contribution in [0, 0.1) is 0 Å². The number of aliphatic hydroxyl groups is 1. The lowest BCUT2D eigenvalue weighted by molar-refractivity contribution is 0.190. The van der Waals surface area contributed by atoms with Crippen molar-refractivity contribution in [3.8, 4) is 5.75 Å². The average Bonchev–Trinajstić information content (AvgIpc) is 2.42. The first kappa shape index (κ1) is 8.32. The summed E-state index contributed by atoms with van der Waals surface area (Å²) >= 11 is 0. The molecule has 1 aromatic carbocycles. The van der Waals surface area contributed by atoms with Gasteiger partial charge in [-0.1, -0.05) is 12.6 Å². The first-order valence-electron chi connectivity index (χ1n) is 4.26. The first-order chi connectivity index (χ1) is 6.22. The standard InChI is InChI=1S/C11H12O2/c1-7-5-11(12)10-6-8(13-2)3-4-9(7)10/h3-4,6,11-12H,1,5H2,2H3/t11-/m1/s1. The summed E-state index contributed by atoms with van der Waals surface area (Å²) in [5.74, 6) is 0.785. The first-order valence-corrected chi connectivity index (χ1v) is 4.26. The lowest BCUT2D eigenvalue weighted by Gasteiger charge is -2.05. The van der Waals surface area contributed by atoms with Gasteiger partial charge in [0, 0.05) is 6.42 Å². The maximum atomic E-state index is 9.66. The van der Waals surface area contributed by atoms with Crippen molar-refractivity contribution in [1.82, 2.24) is 0 Å². The van der Waals surface area contributed by atoms with Gasteiger partial charge in [-0.05, 0) is 28.8 Å². The van der Waals surface area contributed by atoms with Crippen LogP contribution in [0.2, 0.25) is 0 Å². The molecule has 0 bridgehead atoms. The van der Waals surface area contributed by atoms with Crippen LogP contribution in [0.3, 0.4) is 0 Å². The Balaban J connectivity index is 2.52. The quantitative estimate of drug-likeness (QED) is 0.710. The van der Waals surface area contributed by atoms with E-state index in [2.05, 4.69) is 6.58 Å². The zero-order valence-electron chi connectivity index (χ0n) is 7.58. The minimum absolute atomic E-state index is 0.405. The highest BCUT2D eigenvalue weighted by atomic mass is 16.5. The summed E-state index contributed by atoms with van der Waals surface area (Å²) in [5.41, 5.74) is 3.00. The second-order valence-electron chi connectivity index (χ2n) is 3.28. The molecule has 2 nitrogen and oxygen atoms in total. The second kappa shape index (κ2) is 2.89. The number of benzene rings is 1. The van der Waals surface area contributed by atoms with E-state index in [1.54, 1.807) is 7.11 Å². The Morgan fingerprint density at radius 3 is 3.00 bits per heavy atom. The Kier molecular flexibility index (Phi) is 1.85. The second-order valence-corrected chi connectivity index (χ2v) is 3.28. The Hall–Kier alpha value is -1.28. The maximum Gasteiger partial charge on any atom is 0.119 e. The molecule has 13 heavy (non-hydrogen) atoms. The van der Waals surface area contributed by atoms with Gasteiger partial charge in [-0.2, -0.15) is 0 Å². The monoisotopic (exact) mass is 176 g/mol. The van der Waals surface area contributed by atoms with Gasteiger partial charge in [-0.3, -0.25) is 0 Å². The molecule has 2 heteroatoms. The minimum atomic E-state index is -0.405. The van der Waals surface area contributed by atoms with E-state index >= 15 is 0 Å². The van der Waals surface area contributed by atoms with Gasteiger partial charge < -0.3 is 9.84 Å². The Bertz CT molecular complexity index is 355. The van der Waals surface area contributed by atoms with Crippen LogP contribution in [0.5, 0.6) is 5.75 Å². The molecular formula is C11H12O2. The van der Waals surface area contributed by atoms with Gasteiger partial charge in [0.05, 0.1) is 13.2 Å². The normalized spacial score (nSPS) is 20.2. The Morgan fingerprint density at radius 2 is 2.31 bits per heavy atom. The van der Waals surface area contributed by atoms with E-state index in [9.17, 15) is 5.11 Å². The van der Waals surface area contributed by atoms with Gasteiger partial charge in [0.15, 0.2) is 0 Å². The molecule has 0 aliphatic heterocycles. The van der Waals surface area contributed by atoms with Crippen molar-refractivity contribution in [1.29, 1.82) is 0 Å². The molecule has 1 atom stereocenters. The summed E-state index contributed by atoms with van der Waals surface area (Å²) in [6.07, 6.45) is 0.236. The highest BCUT2D eigenvalue weighted by molar-refractivity contribution is 5.72. The third kappa shape index (κ3) is 1.23. The van der Waals surface area contributed by atoms with Gasteiger partial charge in [-0.25, -0.2) is 0 Å². The lowest BCUT2D eigenvalue weighted by atomic mass is 10.1. The van der Waals surface area contributed by atoms with E-state index in [4.69, 9.17) is 4.74 Å². The number of rotatable bonds is 1. The summed E-state index contributed by atoms with van der Waals surface area (Å²) in [7, 11) is 1.62. The van der Waals surface area contributed by atoms with Crippen LogP contribution in [0.25, 0.3) is 5.57 Å². The van der Waals surface area contributed by atoms with Crippen molar-refractivity contribution in [2.75, 3.05) is 7.11 Å². The van der Waals surface area contributed by atoms with Gasteiger partial charge in [-0.15, -0.1) is 0 Å². The third-order valence-corrected chi connectivity index (χ3v) is 2.44. The molecule has 0 heterocycles. The Labute approximate surface area is 77.5 Å². The summed E-state index contributed by atoms with van der Waals surface area (Å²) in [6, 6.07) is 5.72. The van der Waals surface area contributed by atoms with Gasteiger partial charge >= 0.3 is 0 Å². The number of hydrogen-bond acceptors (Lipinski definition) is 2. The number of ether oxygens (including phenoxy) is 1. The fourth-order valence-electron chi connectivity index (χ4n) is 1.72. The van der Waals surface area contributed by atoms with Gasteiger partial charge in [0.25, 0.3) is 0 Å². The van der Waals surface area contributed by atoms with Crippen molar-refractivity contribution in [2.45, 2.75) is 12.5 Å². The molecule has 1 aliphatic carbocycles. The SMILES string of the molecule is C=C1C[C@@H](O)c2cc(OC)ccc21. The van der Waals surface area contributed by atoms with Gasteiger partial charge in [0.2, 0.25) is 0 Å². The summed E-state index contributed by atoms with van der Waals surface area (Å²) < 4.78 is 5.08. The third-order valence-electron chi connectivity index (χ3n) is 2.44. The number of aliphatic hydroxyl groups excluding tert-OH is 1. The van der Waals surface area contributed by atoms with Crippen LogP contribution in [-0.2, 0) is 0 Å². The van der Waals surface area contributed by atoms with E-state index in [1.165, 1.54) is 0 Å². The van der Waals surface area contributed by atoms with Crippen molar-refractivity contribution >= 4 is 5.57 Å². The van der Waals surface area contributed by atoms with E-state index in [0.717, 1.165) is 22.4 Å². The predicted octanol–water partition coefficient (Wildman–Crippen LogP) is 2.15. The number of hydrogen-bond donors (Lipinski definition) is 1. The molecule has 0 radical (unpaired) electrons. The van der Waals surface area contributed by atoms with Crippen molar-refractivity contribution in [3.63, 3.8) is 0 Å². The average molecular weight is 176 g/mol. The van der Waals surface area contributed by atoms with Crippen LogP contribution < -0.4 is 4.74 Å². The predicted molar refractivity (Wildman–Crippen MR) is 51.6 cm³/mol. The molecule has 0 fully saturated rings. The zero-order chi connectivity index (χ0) is 9.42. The van der Waals surface area contributed by atoms with Gasteiger partial charge in [0.1, 0.15) is 5.75 Å². The molecule has 0 saturated carbocycles. The molecule has 0 saturated heterocycles. The number of methoxy groups -OCH3 is 1. The number of fused-ring (bicyclic) bond motifs is 1. The molecule has 0 unspecified atom stereocenters. The van der Waals surface area contributed by atoms with Crippen LogP contribution in [-0.4, -0.2) is 12.2 Å². The van der Waals surface area contributed by atoms with Crippen molar-refractivity contribution in [2.24, 2.45) is 0 Å². The lowest BCUT2D eigenvalue weighted by Crippen LogP contribution is -1.91. The molecule has 1 N–H and O–H groups in total. The largest absolute Gasteiger partial charge is 0.497 e. The van der Waals surface area contributed by atoms with Crippen LogP contribution in [0.15, 0.2) is 24.8 Å². The van der Waals surface area contributed by atoms with Crippen molar-refractivity contribution < 1.29 is 9.84 Å². The smallest absolute Gasteiger partial charge is 0.119 e. The molecular weight excluding hydrogens is 164 g/mol. The molecule has 1 aromatic rings. The highest BCUT2D eigenvalue weighted by Gasteiger charge is 2.23.